The number of carbonyl (C=O) groups is 2. The minimum absolute atomic E-state index is 0.0240. The molecule has 2 atom stereocenters. The summed E-state index contributed by atoms with van der Waals surface area (Å²) in [6.45, 7) is 1.86. The number of allylic oxidation sites excluding steroid dienone is 3. The Hall–Kier alpha value is -3.06. The van der Waals surface area contributed by atoms with Crippen molar-refractivity contribution in [3.63, 3.8) is 0 Å². The van der Waals surface area contributed by atoms with Crippen LogP contribution in [0.4, 0.5) is 0 Å². The Morgan fingerprint density at radius 1 is 1.13 bits per heavy atom. The summed E-state index contributed by atoms with van der Waals surface area (Å²) in [7, 11) is 4.61. The van der Waals surface area contributed by atoms with Gasteiger partial charge in [0.2, 0.25) is 0 Å². The van der Waals surface area contributed by atoms with E-state index < -0.39 is 11.9 Å². The Kier molecular flexibility index (Phi) is 5.87. The molecule has 0 spiro atoms. The lowest BCUT2D eigenvalue weighted by Gasteiger charge is -2.36. The number of carbonyl (C=O) groups excluding carboxylic acids is 2. The average Bonchev–Trinajstić information content (AvgIpc) is 3.31. The topological polar surface area (TPSA) is 73.9 Å². The zero-order chi connectivity index (χ0) is 22.1. The van der Waals surface area contributed by atoms with Crippen LogP contribution in [0.15, 0.2) is 58.3 Å². The van der Waals surface area contributed by atoms with Gasteiger partial charge in [-0.2, -0.15) is 0 Å². The molecule has 2 aliphatic rings. The number of ether oxygens (including phenoxy) is 3. The maximum atomic E-state index is 13.5. The molecule has 0 unspecified atom stereocenters. The van der Waals surface area contributed by atoms with Crippen molar-refractivity contribution in [2.75, 3.05) is 21.3 Å². The molecule has 1 aliphatic carbocycles. The lowest BCUT2D eigenvalue weighted by molar-refractivity contribution is -0.136. The molecular weight excluding hydrogens is 414 g/mol. The lowest BCUT2D eigenvalue weighted by Crippen LogP contribution is -2.35. The number of dihydropyridines is 1. The number of thiophene rings is 1. The van der Waals surface area contributed by atoms with Crippen LogP contribution in [0.25, 0.3) is 0 Å². The SMILES string of the molecule is COC(=O)C1=C(C)NC2=C(C(=O)C[C@H](c3cc(OC)ccc3OC)C2)[C@@H]1c1cccs1. The molecule has 1 aliphatic heterocycles. The summed E-state index contributed by atoms with van der Waals surface area (Å²) < 4.78 is 16.0. The monoisotopic (exact) mass is 439 g/mol. The van der Waals surface area contributed by atoms with Crippen molar-refractivity contribution in [2.24, 2.45) is 0 Å². The molecule has 0 saturated carbocycles. The molecule has 0 saturated heterocycles. The number of rotatable bonds is 5. The Bertz CT molecular complexity index is 1080. The number of methoxy groups -OCH3 is 3. The molecule has 0 bridgehead atoms. The Morgan fingerprint density at radius 2 is 1.94 bits per heavy atom. The lowest BCUT2D eigenvalue weighted by atomic mass is 9.73. The third-order valence-corrected chi connectivity index (χ3v) is 6.87. The van der Waals surface area contributed by atoms with E-state index >= 15 is 0 Å². The van der Waals surface area contributed by atoms with Crippen molar-refractivity contribution >= 4 is 23.1 Å². The van der Waals surface area contributed by atoms with Crippen molar-refractivity contribution in [3.8, 4) is 11.5 Å². The third kappa shape index (κ3) is 3.74. The van der Waals surface area contributed by atoms with Gasteiger partial charge >= 0.3 is 5.97 Å². The second-order valence-electron chi connectivity index (χ2n) is 7.63. The van der Waals surface area contributed by atoms with Gasteiger partial charge in [-0.1, -0.05) is 6.07 Å². The molecule has 0 radical (unpaired) electrons. The van der Waals surface area contributed by atoms with Crippen LogP contribution in [-0.2, 0) is 14.3 Å². The normalized spacial score (nSPS) is 20.8. The van der Waals surface area contributed by atoms with E-state index in [-0.39, 0.29) is 11.7 Å². The van der Waals surface area contributed by atoms with Crippen LogP contribution < -0.4 is 14.8 Å². The molecule has 0 fully saturated rings. The highest BCUT2D eigenvalue weighted by Crippen LogP contribution is 2.48. The van der Waals surface area contributed by atoms with Gasteiger partial charge in [0.15, 0.2) is 5.78 Å². The van der Waals surface area contributed by atoms with E-state index in [9.17, 15) is 9.59 Å². The first-order chi connectivity index (χ1) is 15.0. The second kappa shape index (κ2) is 8.59. The van der Waals surface area contributed by atoms with Crippen LogP contribution >= 0.6 is 11.3 Å². The summed E-state index contributed by atoms with van der Waals surface area (Å²) in [6.07, 6.45) is 0.970. The van der Waals surface area contributed by atoms with Gasteiger partial charge in [-0.15, -0.1) is 11.3 Å². The number of Topliss-reactive ketones (excluding diaryl/α,β-unsaturated/α-hetero) is 1. The molecule has 1 N–H and O–H groups in total. The van der Waals surface area contributed by atoms with Gasteiger partial charge < -0.3 is 19.5 Å². The van der Waals surface area contributed by atoms with Crippen molar-refractivity contribution < 1.29 is 23.8 Å². The predicted octanol–water partition coefficient (Wildman–Crippen LogP) is 4.30. The minimum atomic E-state index is -0.417. The largest absolute Gasteiger partial charge is 0.497 e. The molecule has 4 rings (SSSR count). The second-order valence-corrected chi connectivity index (χ2v) is 8.61. The Labute approximate surface area is 185 Å². The molecule has 2 aromatic rings. The number of hydrogen-bond donors (Lipinski definition) is 1. The van der Waals surface area contributed by atoms with Gasteiger partial charge in [-0.05, 0) is 43.0 Å². The van der Waals surface area contributed by atoms with E-state index in [1.807, 2.05) is 42.6 Å². The fourth-order valence-corrected chi connectivity index (χ4v) is 5.38. The quantitative estimate of drug-likeness (QED) is 0.701. The highest BCUT2D eigenvalue weighted by atomic mass is 32.1. The van der Waals surface area contributed by atoms with E-state index in [1.165, 1.54) is 18.4 Å². The first-order valence-electron chi connectivity index (χ1n) is 10.1. The highest BCUT2D eigenvalue weighted by Gasteiger charge is 2.42. The molecule has 162 valence electrons. The molecule has 2 heterocycles. The van der Waals surface area contributed by atoms with Crippen molar-refractivity contribution in [1.29, 1.82) is 0 Å². The van der Waals surface area contributed by atoms with Crippen LogP contribution in [-0.4, -0.2) is 33.1 Å². The van der Waals surface area contributed by atoms with Crippen molar-refractivity contribution in [1.82, 2.24) is 5.32 Å². The number of nitrogens with one attached hydrogen (secondary N) is 1. The number of benzene rings is 1. The highest BCUT2D eigenvalue weighted by molar-refractivity contribution is 7.10. The van der Waals surface area contributed by atoms with E-state index in [0.29, 0.717) is 24.0 Å². The van der Waals surface area contributed by atoms with Gasteiger partial charge in [-0.25, -0.2) is 4.79 Å². The standard InChI is InChI=1S/C24H25NO5S/c1-13-21(24(27)30-4)23(20-6-5-9-31-20)22-17(25-13)10-14(11-18(22)26)16-12-15(28-2)7-8-19(16)29-3/h5-9,12,14,23,25H,10-11H2,1-4H3/t14-,23-/m1/s1. The van der Waals surface area contributed by atoms with Crippen molar-refractivity contribution in [2.45, 2.75) is 31.6 Å². The van der Waals surface area contributed by atoms with Crippen LogP contribution in [0.3, 0.4) is 0 Å². The van der Waals surface area contributed by atoms with Crippen LogP contribution in [0, 0.1) is 0 Å². The molecule has 31 heavy (non-hydrogen) atoms. The molecular formula is C24H25NO5S. The third-order valence-electron chi connectivity index (χ3n) is 5.94. The summed E-state index contributed by atoms with van der Waals surface area (Å²) in [5.41, 5.74) is 3.67. The van der Waals surface area contributed by atoms with Gasteiger partial charge in [-0.3, -0.25) is 4.79 Å². The van der Waals surface area contributed by atoms with E-state index in [4.69, 9.17) is 14.2 Å². The fraction of sp³-hybridized carbons (Fsp3) is 0.333. The zero-order valence-corrected chi connectivity index (χ0v) is 18.8. The minimum Gasteiger partial charge on any atom is -0.497 e. The van der Waals surface area contributed by atoms with Crippen LogP contribution in [0.5, 0.6) is 11.5 Å². The average molecular weight is 440 g/mol. The molecule has 6 nitrogen and oxygen atoms in total. The smallest absolute Gasteiger partial charge is 0.336 e. The number of hydrogen-bond acceptors (Lipinski definition) is 7. The van der Waals surface area contributed by atoms with E-state index in [0.717, 1.165) is 33.3 Å². The van der Waals surface area contributed by atoms with Gasteiger partial charge in [0.25, 0.3) is 0 Å². The molecule has 1 aromatic carbocycles. The molecule has 1 aromatic heterocycles. The Morgan fingerprint density at radius 3 is 2.58 bits per heavy atom. The first-order valence-corrected chi connectivity index (χ1v) is 10.9. The fourth-order valence-electron chi connectivity index (χ4n) is 4.54. The Balaban J connectivity index is 1.79. The maximum Gasteiger partial charge on any atom is 0.336 e. The summed E-state index contributed by atoms with van der Waals surface area (Å²) in [5.74, 6) is 0.593. The van der Waals surface area contributed by atoms with E-state index in [2.05, 4.69) is 5.32 Å². The van der Waals surface area contributed by atoms with Crippen LogP contribution in [0.1, 0.15) is 42.0 Å². The predicted molar refractivity (Wildman–Crippen MR) is 118 cm³/mol. The molecule has 0 amide bonds. The van der Waals surface area contributed by atoms with Gasteiger partial charge in [0.05, 0.1) is 32.8 Å². The maximum absolute atomic E-state index is 13.5. The van der Waals surface area contributed by atoms with Gasteiger partial charge in [0, 0.05) is 39.7 Å². The summed E-state index contributed by atoms with van der Waals surface area (Å²) in [5, 5.41) is 5.30. The summed E-state index contributed by atoms with van der Waals surface area (Å²) >= 11 is 1.54. The summed E-state index contributed by atoms with van der Waals surface area (Å²) in [6, 6.07) is 9.55. The van der Waals surface area contributed by atoms with E-state index in [1.54, 1.807) is 14.2 Å². The first kappa shape index (κ1) is 21.2. The number of ketones is 1. The van der Waals surface area contributed by atoms with Gasteiger partial charge in [0.1, 0.15) is 11.5 Å². The van der Waals surface area contributed by atoms with Crippen molar-refractivity contribution in [3.05, 3.63) is 68.7 Å². The zero-order valence-electron chi connectivity index (χ0n) is 18.0. The molecule has 7 heteroatoms. The number of esters is 1. The van der Waals surface area contributed by atoms with Crippen LogP contribution in [0.2, 0.25) is 0 Å². The summed E-state index contributed by atoms with van der Waals surface area (Å²) in [4.78, 5) is 27.1.